The fourth-order valence-corrected chi connectivity index (χ4v) is 2.19. The fraction of sp³-hybridized carbons (Fsp3) is 0.571. The Bertz CT molecular complexity index is 329. The van der Waals surface area contributed by atoms with E-state index in [1.807, 2.05) is 0 Å². The van der Waals surface area contributed by atoms with E-state index in [1.54, 1.807) is 0 Å². The van der Waals surface area contributed by atoms with Crippen molar-refractivity contribution >= 4 is 5.69 Å². The lowest BCUT2D eigenvalue weighted by molar-refractivity contribution is 0.120. The number of benzene rings is 1. The van der Waals surface area contributed by atoms with Crippen LogP contribution >= 0.6 is 0 Å². The van der Waals surface area contributed by atoms with Crippen LogP contribution in [0.1, 0.15) is 38.2 Å². The predicted octanol–water partition coefficient (Wildman–Crippen LogP) is 3.40. The molecule has 1 atom stereocenters. The molecule has 2 rings (SSSR count). The molecule has 0 radical (unpaired) electrons. The van der Waals surface area contributed by atoms with Gasteiger partial charge in [-0.1, -0.05) is 32.0 Å². The SMILES string of the molecule is CC(C)c1ccccc1NCC1CCCO1. The monoisotopic (exact) mass is 219 g/mol. The van der Waals surface area contributed by atoms with E-state index in [2.05, 4.69) is 43.4 Å². The first-order valence-corrected chi connectivity index (χ1v) is 6.22. The number of ether oxygens (including phenoxy) is 1. The summed E-state index contributed by atoms with van der Waals surface area (Å²) in [5.74, 6) is 0.563. The molecule has 88 valence electrons. The van der Waals surface area contributed by atoms with E-state index >= 15 is 0 Å². The minimum Gasteiger partial charge on any atom is -0.382 e. The topological polar surface area (TPSA) is 21.3 Å². The molecule has 1 aromatic rings. The molecular weight excluding hydrogens is 198 g/mol. The summed E-state index contributed by atoms with van der Waals surface area (Å²) in [6.07, 6.45) is 2.80. The molecule has 16 heavy (non-hydrogen) atoms. The number of hydrogen-bond acceptors (Lipinski definition) is 2. The number of hydrogen-bond donors (Lipinski definition) is 1. The van der Waals surface area contributed by atoms with E-state index < -0.39 is 0 Å². The normalized spacial score (nSPS) is 20.3. The summed E-state index contributed by atoms with van der Waals surface area (Å²) >= 11 is 0. The molecule has 1 aliphatic heterocycles. The van der Waals surface area contributed by atoms with E-state index in [-0.39, 0.29) is 0 Å². The Morgan fingerprint density at radius 2 is 2.19 bits per heavy atom. The maximum atomic E-state index is 5.61. The van der Waals surface area contributed by atoms with E-state index in [0.717, 1.165) is 13.2 Å². The second-order valence-corrected chi connectivity index (χ2v) is 4.76. The van der Waals surface area contributed by atoms with Gasteiger partial charge in [0.1, 0.15) is 0 Å². The van der Waals surface area contributed by atoms with Crippen molar-refractivity contribution in [3.05, 3.63) is 29.8 Å². The summed E-state index contributed by atoms with van der Waals surface area (Å²) in [7, 11) is 0. The third kappa shape index (κ3) is 2.76. The van der Waals surface area contributed by atoms with Crippen LogP contribution in [-0.2, 0) is 4.74 Å². The minimum absolute atomic E-state index is 0.403. The molecule has 1 N–H and O–H groups in total. The van der Waals surface area contributed by atoms with Crippen LogP contribution in [0.25, 0.3) is 0 Å². The molecule has 0 saturated carbocycles. The highest BCUT2D eigenvalue weighted by atomic mass is 16.5. The van der Waals surface area contributed by atoms with Gasteiger partial charge in [0.2, 0.25) is 0 Å². The summed E-state index contributed by atoms with van der Waals surface area (Å²) in [6, 6.07) is 8.54. The Kier molecular flexibility index (Phi) is 3.83. The van der Waals surface area contributed by atoms with Crippen molar-refractivity contribution < 1.29 is 4.74 Å². The Hall–Kier alpha value is -1.02. The zero-order valence-corrected chi connectivity index (χ0v) is 10.2. The summed E-state index contributed by atoms with van der Waals surface area (Å²) in [6.45, 7) is 6.32. The third-order valence-electron chi connectivity index (χ3n) is 3.13. The van der Waals surface area contributed by atoms with Gasteiger partial charge in [0, 0.05) is 18.8 Å². The standard InChI is InChI=1S/C14H21NO/c1-11(2)13-7-3-4-8-14(13)15-10-12-6-5-9-16-12/h3-4,7-8,11-12,15H,5-6,9-10H2,1-2H3. The first kappa shape index (κ1) is 11.5. The first-order valence-electron chi connectivity index (χ1n) is 6.22. The van der Waals surface area contributed by atoms with E-state index in [1.165, 1.54) is 24.1 Å². The van der Waals surface area contributed by atoms with Gasteiger partial charge in [-0.25, -0.2) is 0 Å². The second-order valence-electron chi connectivity index (χ2n) is 4.76. The van der Waals surface area contributed by atoms with Crippen molar-refractivity contribution in [2.24, 2.45) is 0 Å². The van der Waals surface area contributed by atoms with Crippen LogP contribution in [0.5, 0.6) is 0 Å². The lowest BCUT2D eigenvalue weighted by Gasteiger charge is -2.16. The largest absolute Gasteiger partial charge is 0.382 e. The van der Waals surface area contributed by atoms with Crippen LogP contribution in [0.15, 0.2) is 24.3 Å². The summed E-state index contributed by atoms with van der Waals surface area (Å²) < 4.78 is 5.61. The van der Waals surface area contributed by atoms with E-state index in [4.69, 9.17) is 4.74 Å². The van der Waals surface area contributed by atoms with Crippen molar-refractivity contribution in [3.8, 4) is 0 Å². The first-order chi connectivity index (χ1) is 7.77. The summed E-state index contributed by atoms with van der Waals surface area (Å²) in [5.41, 5.74) is 2.65. The molecule has 1 fully saturated rings. The molecule has 1 saturated heterocycles. The quantitative estimate of drug-likeness (QED) is 0.838. The van der Waals surface area contributed by atoms with Crippen LogP contribution in [0.2, 0.25) is 0 Å². The molecule has 1 aliphatic rings. The third-order valence-corrected chi connectivity index (χ3v) is 3.13. The van der Waals surface area contributed by atoms with Crippen LogP contribution in [0, 0.1) is 0 Å². The highest BCUT2D eigenvalue weighted by Gasteiger charge is 2.15. The van der Waals surface area contributed by atoms with Crippen molar-refractivity contribution in [2.45, 2.75) is 38.7 Å². The number of anilines is 1. The van der Waals surface area contributed by atoms with E-state index in [0.29, 0.717) is 12.0 Å². The number of rotatable bonds is 4. The van der Waals surface area contributed by atoms with Crippen molar-refractivity contribution in [3.63, 3.8) is 0 Å². The fourth-order valence-electron chi connectivity index (χ4n) is 2.19. The average molecular weight is 219 g/mol. The zero-order chi connectivity index (χ0) is 11.4. The second kappa shape index (κ2) is 5.35. The van der Waals surface area contributed by atoms with Crippen molar-refractivity contribution in [2.75, 3.05) is 18.5 Å². The zero-order valence-electron chi connectivity index (χ0n) is 10.2. The van der Waals surface area contributed by atoms with Gasteiger partial charge < -0.3 is 10.1 Å². The molecular formula is C14H21NO. The Morgan fingerprint density at radius 3 is 2.88 bits per heavy atom. The molecule has 0 aromatic heterocycles. The Labute approximate surface area is 98.0 Å². The molecule has 0 bridgehead atoms. The Morgan fingerprint density at radius 1 is 1.38 bits per heavy atom. The van der Waals surface area contributed by atoms with Crippen molar-refractivity contribution in [1.82, 2.24) is 0 Å². The molecule has 2 nitrogen and oxygen atoms in total. The smallest absolute Gasteiger partial charge is 0.0748 e. The van der Waals surface area contributed by atoms with Gasteiger partial charge in [0.25, 0.3) is 0 Å². The van der Waals surface area contributed by atoms with Crippen LogP contribution in [0.4, 0.5) is 5.69 Å². The lowest BCUT2D eigenvalue weighted by Crippen LogP contribution is -2.19. The Balaban J connectivity index is 1.97. The van der Waals surface area contributed by atoms with Crippen LogP contribution in [0.3, 0.4) is 0 Å². The molecule has 1 heterocycles. The highest BCUT2D eigenvalue weighted by molar-refractivity contribution is 5.52. The molecule has 2 heteroatoms. The van der Waals surface area contributed by atoms with Gasteiger partial charge in [0.15, 0.2) is 0 Å². The van der Waals surface area contributed by atoms with E-state index in [9.17, 15) is 0 Å². The molecule has 0 aliphatic carbocycles. The van der Waals surface area contributed by atoms with Gasteiger partial charge in [-0.15, -0.1) is 0 Å². The lowest BCUT2D eigenvalue weighted by atomic mass is 10.0. The predicted molar refractivity (Wildman–Crippen MR) is 68.0 cm³/mol. The maximum Gasteiger partial charge on any atom is 0.0748 e. The highest BCUT2D eigenvalue weighted by Crippen LogP contribution is 2.24. The van der Waals surface area contributed by atoms with Crippen LogP contribution in [-0.4, -0.2) is 19.3 Å². The van der Waals surface area contributed by atoms with Crippen molar-refractivity contribution in [1.29, 1.82) is 0 Å². The van der Waals surface area contributed by atoms with Gasteiger partial charge in [-0.05, 0) is 30.4 Å². The maximum absolute atomic E-state index is 5.61. The van der Waals surface area contributed by atoms with Gasteiger partial charge in [0.05, 0.1) is 6.10 Å². The molecule has 0 amide bonds. The number of para-hydroxylation sites is 1. The van der Waals surface area contributed by atoms with Gasteiger partial charge >= 0.3 is 0 Å². The average Bonchev–Trinajstić information content (AvgIpc) is 2.79. The molecule has 1 aromatic carbocycles. The number of nitrogens with one attached hydrogen (secondary N) is 1. The molecule has 0 spiro atoms. The summed E-state index contributed by atoms with van der Waals surface area (Å²) in [4.78, 5) is 0. The summed E-state index contributed by atoms with van der Waals surface area (Å²) in [5, 5.41) is 3.51. The van der Waals surface area contributed by atoms with Gasteiger partial charge in [-0.2, -0.15) is 0 Å². The van der Waals surface area contributed by atoms with Gasteiger partial charge in [-0.3, -0.25) is 0 Å². The van der Waals surface area contributed by atoms with Crippen LogP contribution < -0.4 is 5.32 Å². The molecule has 1 unspecified atom stereocenters. The minimum atomic E-state index is 0.403.